The summed E-state index contributed by atoms with van der Waals surface area (Å²) in [6.45, 7) is 1.70. The van der Waals surface area contributed by atoms with Crippen LogP contribution in [0.25, 0.3) is 11.1 Å². The van der Waals surface area contributed by atoms with Crippen molar-refractivity contribution in [3.8, 4) is 11.1 Å². The van der Waals surface area contributed by atoms with Crippen LogP contribution in [0.5, 0.6) is 0 Å². The minimum Gasteiger partial charge on any atom is -0.477 e. The molecule has 1 atom stereocenters. The van der Waals surface area contributed by atoms with Crippen LogP contribution in [-0.2, 0) is 6.54 Å². The Balaban J connectivity index is 1.93. The van der Waals surface area contributed by atoms with Gasteiger partial charge in [-0.3, -0.25) is 0 Å². The van der Waals surface area contributed by atoms with Crippen LogP contribution in [0.1, 0.15) is 40.2 Å². The largest absolute Gasteiger partial charge is 0.477 e. The molecular weight excluding hydrogens is 387 g/mol. The first-order chi connectivity index (χ1) is 14.3. The number of aromatic carboxylic acids is 1. The Labute approximate surface area is 173 Å². The average Bonchev–Trinajstić information content (AvgIpc) is 3.16. The topological polar surface area (TPSA) is 105 Å². The van der Waals surface area contributed by atoms with Gasteiger partial charge in [0.05, 0.1) is 6.54 Å². The first kappa shape index (κ1) is 21.0. The van der Waals surface area contributed by atoms with E-state index in [0.717, 1.165) is 5.56 Å². The molecule has 0 saturated heterocycles. The molecule has 1 unspecified atom stereocenters. The molecule has 0 spiro atoms. The maximum atomic E-state index is 14.8. The Bertz CT molecular complexity index is 1080. The van der Waals surface area contributed by atoms with Crippen molar-refractivity contribution >= 4 is 11.9 Å². The highest BCUT2D eigenvalue weighted by molar-refractivity contribution is 5.90. The van der Waals surface area contributed by atoms with Gasteiger partial charge in [0.25, 0.3) is 0 Å². The van der Waals surface area contributed by atoms with Crippen molar-refractivity contribution in [2.75, 3.05) is 14.1 Å². The normalized spacial score (nSPS) is 12.6. The summed E-state index contributed by atoms with van der Waals surface area (Å²) in [5.74, 6) is -1.73. The molecule has 0 amide bonds. The zero-order chi connectivity index (χ0) is 21.8. The van der Waals surface area contributed by atoms with Crippen LogP contribution in [-0.4, -0.2) is 41.2 Å². The van der Waals surface area contributed by atoms with E-state index in [1.807, 2.05) is 30.3 Å². The van der Waals surface area contributed by atoms with Crippen LogP contribution in [0.2, 0.25) is 0 Å². The fourth-order valence-electron chi connectivity index (χ4n) is 3.07. The van der Waals surface area contributed by atoms with Crippen LogP contribution in [0.3, 0.4) is 0 Å². The molecule has 30 heavy (non-hydrogen) atoms. The molecule has 0 fully saturated rings. The number of nitrogens with two attached hydrogens (primary N) is 1. The number of halogens is 1. The van der Waals surface area contributed by atoms with E-state index in [1.54, 1.807) is 38.1 Å². The summed E-state index contributed by atoms with van der Waals surface area (Å²) in [4.78, 5) is 17.6. The highest BCUT2D eigenvalue weighted by atomic mass is 19.1. The Hall–Kier alpha value is -3.68. The second kappa shape index (κ2) is 8.77. The molecule has 0 saturated carbocycles. The van der Waals surface area contributed by atoms with Gasteiger partial charge in [-0.15, -0.1) is 0 Å². The molecule has 2 aromatic carbocycles. The smallest absolute Gasteiger partial charge is 0.341 e. The van der Waals surface area contributed by atoms with Crippen molar-refractivity contribution in [3.05, 3.63) is 76.9 Å². The Kier molecular flexibility index (Phi) is 6.15. The molecule has 3 aromatic rings. The number of carboxylic acids is 1. The zero-order valence-corrected chi connectivity index (χ0v) is 17.0. The van der Waals surface area contributed by atoms with Gasteiger partial charge in [-0.25, -0.2) is 14.2 Å². The SMILES string of the molecule is CC(c1ccc(-c2ccccc2)c(F)c1)c1onc(CN=C(N)N(C)C)c1C(=O)O. The van der Waals surface area contributed by atoms with E-state index in [-0.39, 0.29) is 29.5 Å². The van der Waals surface area contributed by atoms with Gasteiger partial charge in [-0.05, 0) is 17.2 Å². The molecular formula is C22H23FN4O3. The van der Waals surface area contributed by atoms with E-state index >= 15 is 0 Å². The maximum absolute atomic E-state index is 14.8. The highest BCUT2D eigenvalue weighted by Gasteiger charge is 2.27. The van der Waals surface area contributed by atoms with E-state index in [2.05, 4.69) is 10.1 Å². The van der Waals surface area contributed by atoms with Crippen LogP contribution < -0.4 is 5.73 Å². The molecule has 7 nitrogen and oxygen atoms in total. The molecule has 3 rings (SSSR count). The molecule has 0 aliphatic heterocycles. The van der Waals surface area contributed by atoms with Gasteiger partial charge in [0, 0.05) is 25.6 Å². The third-order valence-electron chi connectivity index (χ3n) is 4.82. The third-order valence-corrected chi connectivity index (χ3v) is 4.82. The van der Waals surface area contributed by atoms with E-state index in [4.69, 9.17) is 10.3 Å². The first-order valence-corrected chi connectivity index (χ1v) is 9.33. The number of nitrogens with zero attached hydrogens (tertiary/aromatic N) is 3. The molecule has 1 heterocycles. The average molecular weight is 410 g/mol. The molecule has 0 radical (unpaired) electrons. The van der Waals surface area contributed by atoms with Crippen molar-refractivity contribution in [1.29, 1.82) is 0 Å². The van der Waals surface area contributed by atoms with E-state index in [0.29, 0.717) is 11.1 Å². The van der Waals surface area contributed by atoms with Crippen molar-refractivity contribution in [3.63, 3.8) is 0 Å². The fourth-order valence-corrected chi connectivity index (χ4v) is 3.07. The third kappa shape index (κ3) is 4.32. The molecule has 0 bridgehead atoms. The summed E-state index contributed by atoms with van der Waals surface area (Å²) < 4.78 is 20.1. The predicted octanol–water partition coefficient (Wildman–Crippen LogP) is 3.71. The highest BCUT2D eigenvalue weighted by Crippen LogP contribution is 2.32. The number of hydrogen-bond donors (Lipinski definition) is 2. The maximum Gasteiger partial charge on any atom is 0.341 e. The Morgan fingerprint density at radius 1 is 1.27 bits per heavy atom. The van der Waals surface area contributed by atoms with Gasteiger partial charge in [0.1, 0.15) is 17.1 Å². The quantitative estimate of drug-likeness (QED) is 0.474. The van der Waals surface area contributed by atoms with Crippen LogP contribution in [0, 0.1) is 5.82 Å². The summed E-state index contributed by atoms with van der Waals surface area (Å²) in [5.41, 5.74) is 7.65. The number of hydrogen-bond acceptors (Lipinski definition) is 4. The summed E-state index contributed by atoms with van der Waals surface area (Å²) in [5, 5.41) is 13.6. The van der Waals surface area contributed by atoms with Crippen LogP contribution in [0.15, 0.2) is 58.0 Å². The number of aromatic nitrogens is 1. The lowest BCUT2D eigenvalue weighted by Gasteiger charge is -2.12. The molecule has 0 aliphatic carbocycles. The number of carbonyl (C=O) groups is 1. The van der Waals surface area contributed by atoms with Crippen molar-refractivity contribution in [2.24, 2.45) is 10.7 Å². The molecule has 0 aliphatic rings. The van der Waals surface area contributed by atoms with Gasteiger partial charge in [-0.2, -0.15) is 0 Å². The minimum atomic E-state index is -1.19. The number of aliphatic imine (C=N–C) groups is 1. The molecule has 1 aromatic heterocycles. The summed E-state index contributed by atoms with van der Waals surface area (Å²) in [6, 6.07) is 14.0. The predicted molar refractivity (Wildman–Crippen MR) is 112 cm³/mol. The molecule has 156 valence electrons. The monoisotopic (exact) mass is 410 g/mol. The number of rotatable bonds is 6. The lowest BCUT2D eigenvalue weighted by atomic mass is 9.93. The van der Waals surface area contributed by atoms with Crippen LogP contribution >= 0.6 is 0 Å². The number of benzene rings is 2. The van der Waals surface area contributed by atoms with Gasteiger partial charge in [0.15, 0.2) is 11.7 Å². The molecule has 3 N–H and O–H groups in total. The van der Waals surface area contributed by atoms with Gasteiger partial charge in [-0.1, -0.05) is 54.5 Å². The molecule has 8 heteroatoms. The summed E-state index contributed by atoms with van der Waals surface area (Å²) in [6.07, 6.45) is 0. The van der Waals surface area contributed by atoms with Crippen LogP contribution in [0.4, 0.5) is 4.39 Å². The van der Waals surface area contributed by atoms with E-state index < -0.39 is 17.7 Å². The summed E-state index contributed by atoms with van der Waals surface area (Å²) >= 11 is 0. The number of carboxylic acid groups (broad SMARTS) is 1. The van der Waals surface area contributed by atoms with Crippen molar-refractivity contribution < 1.29 is 18.8 Å². The minimum absolute atomic E-state index is 0.0385. The van der Waals surface area contributed by atoms with E-state index in [9.17, 15) is 14.3 Å². The fraction of sp³-hybridized carbons (Fsp3) is 0.227. The zero-order valence-electron chi connectivity index (χ0n) is 17.0. The van der Waals surface area contributed by atoms with E-state index in [1.165, 1.54) is 6.07 Å². The van der Waals surface area contributed by atoms with Gasteiger partial charge < -0.3 is 20.3 Å². The van der Waals surface area contributed by atoms with Crippen molar-refractivity contribution in [2.45, 2.75) is 19.4 Å². The Morgan fingerprint density at radius 2 is 1.97 bits per heavy atom. The second-order valence-corrected chi connectivity index (χ2v) is 7.07. The summed E-state index contributed by atoms with van der Waals surface area (Å²) in [7, 11) is 3.45. The lowest BCUT2D eigenvalue weighted by Crippen LogP contribution is -2.30. The lowest BCUT2D eigenvalue weighted by molar-refractivity contribution is 0.0693. The standard InChI is InChI=1S/C22H23FN4O3/c1-13(15-9-10-16(17(23)11-15)14-7-5-4-6-8-14)20-19(21(28)29)18(26-30-20)12-25-22(24)27(2)3/h4-11,13H,12H2,1-3H3,(H2,24,25)(H,28,29). The second-order valence-electron chi connectivity index (χ2n) is 7.07. The Morgan fingerprint density at radius 3 is 2.57 bits per heavy atom. The number of guanidine groups is 1. The van der Waals surface area contributed by atoms with Gasteiger partial charge in [0.2, 0.25) is 0 Å². The van der Waals surface area contributed by atoms with Crippen molar-refractivity contribution in [1.82, 2.24) is 10.1 Å². The first-order valence-electron chi connectivity index (χ1n) is 9.33. The van der Waals surface area contributed by atoms with Gasteiger partial charge >= 0.3 is 5.97 Å².